The molecule has 0 aliphatic heterocycles. The third kappa shape index (κ3) is 3.48. The van der Waals surface area contributed by atoms with E-state index >= 15 is 0 Å². The number of carbonyl (C=O) groups is 1. The van der Waals surface area contributed by atoms with Gasteiger partial charge in [-0.25, -0.2) is 4.79 Å². The van der Waals surface area contributed by atoms with Crippen molar-refractivity contribution in [3.63, 3.8) is 0 Å². The molecule has 0 saturated carbocycles. The highest BCUT2D eigenvalue weighted by Crippen LogP contribution is 2.27. The molecule has 8 heteroatoms. The van der Waals surface area contributed by atoms with E-state index in [1.54, 1.807) is 6.07 Å². The van der Waals surface area contributed by atoms with Crippen molar-refractivity contribution in [2.45, 2.75) is 6.54 Å². The highest BCUT2D eigenvalue weighted by Gasteiger charge is 2.13. The van der Waals surface area contributed by atoms with Gasteiger partial charge in [0, 0.05) is 23.9 Å². The van der Waals surface area contributed by atoms with Crippen LogP contribution < -0.4 is 10.6 Å². The summed E-state index contributed by atoms with van der Waals surface area (Å²) in [6, 6.07) is 5.26. The van der Waals surface area contributed by atoms with Crippen LogP contribution in [0.4, 0.5) is 16.2 Å². The fourth-order valence-corrected chi connectivity index (χ4v) is 1.67. The summed E-state index contributed by atoms with van der Waals surface area (Å²) in [6.07, 6.45) is 3.00. The van der Waals surface area contributed by atoms with E-state index in [2.05, 4.69) is 10.6 Å². The summed E-state index contributed by atoms with van der Waals surface area (Å²) in [6.45, 7) is 0.290. The van der Waals surface area contributed by atoms with E-state index in [-0.39, 0.29) is 22.9 Å². The lowest BCUT2D eigenvalue weighted by atomic mass is 10.3. The van der Waals surface area contributed by atoms with E-state index in [1.165, 1.54) is 30.7 Å². The molecule has 0 spiro atoms. The van der Waals surface area contributed by atoms with Crippen LogP contribution in [-0.2, 0) is 6.54 Å². The molecule has 0 saturated heterocycles. The standard InChI is InChI=1S/C12H10ClN3O4/c13-10-2-1-9(5-11(10)16(18)19)15-12(17)14-6-8-3-4-20-7-8/h1-5,7H,6H2,(H2,14,15,17). The molecule has 2 N–H and O–H groups in total. The van der Waals surface area contributed by atoms with Crippen molar-refractivity contribution >= 4 is 29.0 Å². The molecule has 1 heterocycles. The SMILES string of the molecule is O=C(NCc1ccoc1)Nc1ccc(Cl)c([N+](=O)[O-])c1. The molecule has 1 aromatic carbocycles. The average molecular weight is 296 g/mol. The number of amides is 2. The molecule has 2 amide bonds. The summed E-state index contributed by atoms with van der Waals surface area (Å²) < 4.78 is 4.86. The molecule has 0 aliphatic carbocycles. The van der Waals surface area contributed by atoms with Crippen LogP contribution in [-0.4, -0.2) is 11.0 Å². The zero-order valence-corrected chi connectivity index (χ0v) is 10.9. The van der Waals surface area contributed by atoms with Gasteiger partial charge in [-0.1, -0.05) is 11.6 Å². The Kier molecular flexibility index (Phi) is 4.21. The molecular formula is C12H10ClN3O4. The Morgan fingerprint density at radius 2 is 2.20 bits per heavy atom. The smallest absolute Gasteiger partial charge is 0.319 e. The monoisotopic (exact) mass is 295 g/mol. The Labute approximate surface area is 118 Å². The number of anilines is 1. The number of hydrogen-bond donors (Lipinski definition) is 2. The lowest BCUT2D eigenvalue weighted by Gasteiger charge is -2.07. The van der Waals surface area contributed by atoms with Crippen molar-refractivity contribution in [2.75, 3.05) is 5.32 Å². The average Bonchev–Trinajstić information content (AvgIpc) is 2.91. The van der Waals surface area contributed by atoms with Crippen molar-refractivity contribution in [1.82, 2.24) is 5.32 Å². The lowest BCUT2D eigenvalue weighted by molar-refractivity contribution is -0.384. The van der Waals surface area contributed by atoms with Gasteiger partial charge in [-0.3, -0.25) is 10.1 Å². The Bertz CT molecular complexity index is 628. The second-order valence-corrected chi connectivity index (χ2v) is 4.27. The number of nitrogens with one attached hydrogen (secondary N) is 2. The molecule has 2 aromatic rings. The Morgan fingerprint density at radius 1 is 1.40 bits per heavy atom. The Balaban J connectivity index is 1.97. The van der Waals surface area contributed by atoms with Gasteiger partial charge in [0.2, 0.25) is 0 Å². The molecule has 7 nitrogen and oxygen atoms in total. The molecule has 0 radical (unpaired) electrons. The second-order valence-electron chi connectivity index (χ2n) is 3.86. The van der Waals surface area contributed by atoms with E-state index in [9.17, 15) is 14.9 Å². The predicted octanol–water partition coefficient (Wildman–Crippen LogP) is 3.16. The third-order valence-corrected chi connectivity index (χ3v) is 2.75. The summed E-state index contributed by atoms with van der Waals surface area (Å²) in [5, 5.41) is 15.8. The topological polar surface area (TPSA) is 97.4 Å². The highest BCUT2D eigenvalue weighted by atomic mass is 35.5. The van der Waals surface area contributed by atoms with E-state index < -0.39 is 11.0 Å². The van der Waals surface area contributed by atoms with Gasteiger partial charge in [-0.15, -0.1) is 0 Å². The number of nitrogens with zero attached hydrogens (tertiary/aromatic N) is 1. The normalized spacial score (nSPS) is 10.1. The van der Waals surface area contributed by atoms with Crippen LogP contribution in [0.5, 0.6) is 0 Å². The molecule has 0 unspecified atom stereocenters. The number of halogens is 1. The van der Waals surface area contributed by atoms with Gasteiger partial charge in [0.1, 0.15) is 5.02 Å². The number of rotatable bonds is 4. The second kappa shape index (κ2) is 6.07. The van der Waals surface area contributed by atoms with E-state index in [4.69, 9.17) is 16.0 Å². The summed E-state index contributed by atoms with van der Waals surface area (Å²) in [5.74, 6) is 0. The molecule has 0 bridgehead atoms. The molecular weight excluding hydrogens is 286 g/mol. The molecule has 2 rings (SSSR count). The molecule has 1 aromatic heterocycles. The summed E-state index contributed by atoms with van der Waals surface area (Å²) in [5.41, 5.74) is 0.826. The van der Waals surface area contributed by atoms with Crippen LogP contribution in [0.25, 0.3) is 0 Å². The minimum absolute atomic E-state index is 0.0133. The lowest BCUT2D eigenvalue weighted by Crippen LogP contribution is -2.28. The number of nitro groups is 1. The van der Waals surface area contributed by atoms with Crippen molar-refractivity contribution in [1.29, 1.82) is 0 Å². The van der Waals surface area contributed by atoms with Gasteiger partial charge in [-0.05, 0) is 18.2 Å². The van der Waals surface area contributed by atoms with Crippen LogP contribution in [0.3, 0.4) is 0 Å². The van der Waals surface area contributed by atoms with E-state index in [0.29, 0.717) is 0 Å². The van der Waals surface area contributed by atoms with Gasteiger partial charge < -0.3 is 15.1 Å². The van der Waals surface area contributed by atoms with E-state index in [0.717, 1.165) is 5.56 Å². The number of carbonyl (C=O) groups excluding carboxylic acids is 1. The first-order valence-corrected chi connectivity index (χ1v) is 5.94. The minimum atomic E-state index is -0.614. The summed E-state index contributed by atoms with van der Waals surface area (Å²) in [4.78, 5) is 21.7. The molecule has 0 fully saturated rings. The van der Waals surface area contributed by atoms with Crippen LogP contribution in [0.1, 0.15) is 5.56 Å². The van der Waals surface area contributed by atoms with Crippen molar-refractivity contribution in [3.05, 3.63) is 57.5 Å². The number of urea groups is 1. The Hall–Kier alpha value is -2.54. The Morgan fingerprint density at radius 3 is 2.85 bits per heavy atom. The first-order valence-electron chi connectivity index (χ1n) is 5.56. The molecule has 0 atom stereocenters. The maximum absolute atomic E-state index is 11.6. The first-order chi connectivity index (χ1) is 9.56. The number of hydrogen-bond acceptors (Lipinski definition) is 4. The number of benzene rings is 1. The fourth-order valence-electron chi connectivity index (χ4n) is 1.48. The van der Waals surface area contributed by atoms with Gasteiger partial charge in [0.25, 0.3) is 5.69 Å². The largest absolute Gasteiger partial charge is 0.472 e. The van der Waals surface area contributed by atoms with Gasteiger partial charge in [0.05, 0.1) is 17.4 Å². The van der Waals surface area contributed by atoms with Gasteiger partial charge in [-0.2, -0.15) is 0 Å². The quantitative estimate of drug-likeness (QED) is 0.668. The summed E-state index contributed by atoms with van der Waals surface area (Å²) >= 11 is 5.68. The van der Waals surface area contributed by atoms with Crippen molar-refractivity contribution in [3.8, 4) is 0 Å². The zero-order chi connectivity index (χ0) is 14.5. The zero-order valence-electron chi connectivity index (χ0n) is 10.1. The van der Waals surface area contributed by atoms with Crippen LogP contribution in [0.15, 0.2) is 41.2 Å². The number of nitro benzene ring substituents is 1. The van der Waals surface area contributed by atoms with Gasteiger partial charge in [0.15, 0.2) is 0 Å². The third-order valence-electron chi connectivity index (χ3n) is 2.43. The maximum Gasteiger partial charge on any atom is 0.319 e. The molecule has 20 heavy (non-hydrogen) atoms. The predicted molar refractivity (Wildman–Crippen MR) is 72.7 cm³/mol. The molecule has 0 aliphatic rings. The minimum Gasteiger partial charge on any atom is -0.472 e. The van der Waals surface area contributed by atoms with Crippen LogP contribution in [0.2, 0.25) is 5.02 Å². The van der Waals surface area contributed by atoms with Crippen molar-refractivity contribution < 1.29 is 14.1 Å². The van der Waals surface area contributed by atoms with E-state index in [1.807, 2.05) is 0 Å². The fraction of sp³-hybridized carbons (Fsp3) is 0.0833. The van der Waals surface area contributed by atoms with Gasteiger partial charge >= 0.3 is 6.03 Å². The highest BCUT2D eigenvalue weighted by molar-refractivity contribution is 6.32. The maximum atomic E-state index is 11.6. The number of furan rings is 1. The van der Waals surface area contributed by atoms with Crippen LogP contribution in [0, 0.1) is 10.1 Å². The van der Waals surface area contributed by atoms with Crippen LogP contribution >= 0.6 is 11.6 Å². The molecule has 104 valence electrons. The van der Waals surface area contributed by atoms with Crippen molar-refractivity contribution in [2.24, 2.45) is 0 Å². The first kappa shape index (κ1) is 13.9. The summed E-state index contributed by atoms with van der Waals surface area (Å²) in [7, 11) is 0.